The Bertz CT molecular complexity index is 709. The van der Waals surface area contributed by atoms with E-state index >= 15 is 0 Å². The van der Waals surface area contributed by atoms with Crippen molar-refractivity contribution in [1.82, 2.24) is 0 Å². The molecular weight excluding hydrogens is 304 g/mol. The van der Waals surface area contributed by atoms with E-state index in [1.807, 2.05) is 5.43 Å². The summed E-state index contributed by atoms with van der Waals surface area (Å²) in [6.07, 6.45) is 1.01. The van der Waals surface area contributed by atoms with Crippen molar-refractivity contribution >= 4 is 11.9 Å². The van der Waals surface area contributed by atoms with Gasteiger partial charge in [0, 0.05) is 11.6 Å². The summed E-state index contributed by atoms with van der Waals surface area (Å²) in [7, 11) is 1.41. The van der Waals surface area contributed by atoms with Crippen molar-refractivity contribution in [2.45, 2.75) is 0 Å². The topological polar surface area (TPSA) is 53.9 Å². The van der Waals surface area contributed by atoms with Gasteiger partial charge in [0.2, 0.25) is 0 Å². The summed E-state index contributed by atoms with van der Waals surface area (Å²) in [6.45, 7) is 0. The van der Waals surface area contributed by atoms with E-state index in [0.29, 0.717) is 5.75 Å². The Balaban J connectivity index is 2.27. The Morgan fingerprint density at radius 3 is 2.32 bits per heavy atom. The minimum absolute atomic E-state index is 0.0907. The van der Waals surface area contributed by atoms with E-state index in [-0.39, 0.29) is 17.4 Å². The molecule has 0 aliphatic heterocycles. The Morgan fingerprint density at radius 2 is 1.73 bits per heavy atom. The average Bonchev–Trinajstić information content (AvgIpc) is 2.50. The number of anilines is 1. The summed E-state index contributed by atoms with van der Waals surface area (Å²) in [5.74, 6) is -6.08. The first-order chi connectivity index (χ1) is 10.4. The molecule has 2 aromatic carbocycles. The second-order valence-corrected chi connectivity index (χ2v) is 4.14. The predicted octanol–water partition coefficient (Wildman–Crippen LogP) is 3.40. The summed E-state index contributed by atoms with van der Waals surface area (Å²) >= 11 is 0. The third kappa shape index (κ3) is 3.11. The van der Waals surface area contributed by atoms with Gasteiger partial charge in [0.25, 0.3) is 0 Å². The van der Waals surface area contributed by atoms with Crippen LogP contribution >= 0.6 is 0 Å². The van der Waals surface area contributed by atoms with E-state index < -0.39 is 29.0 Å². The molecule has 0 saturated carbocycles. The van der Waals surface area contributed by atoms with Gasteiger partial charge in [-0.2, -0.15) is 5.10 Å². The summed E-state index contributed by atoms with van der Waals surface area (Å²) in [4.78, 5) is 0. The molecular formula is C14H10F4N2O2. The highest BCUT2D eigenvalue weighted by Gasteiger charge is 2.18. The van der Waals surface area contributed by atoms with Crippen molar-refractivity contribution < 1.29 is 27.4 Å². The van der Waals surface area contributed by atoms with Gasteiger partial charge in [-0.25, -0.2) is 17.6 Å². The van der Waals surface area contributed by atoms with Gasteiger partial charge in [0.15, 0.2) is 23.3 Å². The lowest BCUT2D eigenvalue weighted by Crippen LogP contribution is -2.02. The van der Waals surface area contributed by atoms with Gasteiger partial charge >= 0.3 is 0 Å². The molecule has 0 amide bonds. The Kier molecular flexibility index (Phi) is 4.50. The highest BCUT2D eigenvalue weighted by molar-refractivity contribution is 5.84. The van der Waals surface area contributed by atoms with Crippen LogP contribution in [-0.2, 0) is 0 Å². The van der Waals surface area contributed by atoms with Crippen molar-refractivity contribution in [3.63, 3.8) is 0 Å². The average molecular weight is 314 g/mol. The lowest BCUT2D eigenvalue weighted by Gasteiger charge is -2.06. The van der Waals surface area contributed by atoms with Gasteiger partial charge in [-0.05, 0) is 18.2 Å². The van der Waals surface area contributed by atoms with Gasteiger partial charge < -0.3 is 9.84 Å². The van der Waals surface area contributed by atoms with Crippen LogP contribution in [0.4, 0.5) is 23.2 Å². The monoisotopic (exact) mass is 314 g/mol. The molecule has 8 heteroatoms. The first kappa shape index (κ1) is 15.6. The number of phenols is 1. The van der Waals surface area contributed by atoms with Crippen LogP contribution < -0.4 is 10.2 Å². The number of phenolic OH excluding ortho intramolecular Hbond substituents is 1. The second kappa shape index (κ2) is 6.33. The number of nitrogens with one attached hydrogen (secondary N) is 1. The number of ether oxygens (including phenoxy) is 1. The van der Waals surface area contributed by atoms with E-state index in [4.69, 9.17) is 4.74 Å². The number of nitrogens with zero attached hydrogens (tertiary/aromatic N) is 1. The van der Waals surface area contributed by atoms with Gasteiger partial charge in [0.05, 0.1) is 13.3 Å². The zero-order chi connectivity index (χ0) is 16.3. The lowest BCUT2D eigenvalue weighted by molar-refractivity contribution is 0.412. The van der Waals surface area contributed by atoms with E-state index in [0.717, 1.165) is 6.21 Å². The molecule has 0 saturated heterocycles. The normalized spacial score (nSPS) is 11.0. The number of hydrazone groups is 1. The summed E-state index contributed by atoms with van der Waals surface area (Å²) < 4.78 is 57.7. The van der Waals surface area contributed by atoms with Crippen molar-refractivity contribution in [3.8, 4) is 11.5 Å². The SMILES string of the molecule is COc1ccc(O)c(C=NNc2c(F)c(F)cc(F)c2F)c1. The molecule has 0 aromatic heterocycles. The number of benzene rings is 2. The maximum Gasteiger partial charge on any atom is 0.186 e. The summed E-state index contributed by atoms with van der Waals surface area (Å²) in [5.41, 5.74) is 0.961. The maximum absolute atomic E-state index is 13.4. The van der Waals surface area contributed by atoms with Crippen LogP contribution in [0.1, 0.15) is 5.56 Å². The molecule has 2 aromatic rings. The van der Waals surface area contributed by atoms with Crippen molar-refractivity contribution in [1.29, 1.82) is 0 Å². The van der Waals surface area contributed by atoms with Gasteiger partial charge in [-0.1, -0.05) is 0 Å². The van der Waals surface area contributed by atoms with Crippen LogP contribution in [0.2, 0.25) is 0 Å². The van der Waals surface area contributed by atoms with E-state index in [1.165, 1.54) is 25.3 Å². The highest BCUT2D eigenvalue weighted by Crippen LogP contribution is 2.24. The standard InChI is InChI=1S/C14H10F4N2O2/c1-22-8-2-3-11(21)7(4-8)6-19-20-14-12(17)9(15)5-10(16)13(14)18/h2-6,20-21H,1H3. The molecule has 0 heterocycles. The number of halogens is 4. The molecule has 0 radical (unpaired) electrons. The molecule has 0 spiro atoms. The fourth-order valence-electron chi connectivity index (χ4n) is 1.60. The predicted molar refractivity (Wildman–Crippen MR) is 72.1 cm³/mol. The van der Waals surface area contributed by atoms with Crippen LogP contribution in [0.3, 0.4) is 0 Å². The molecule has 22 heavy (non-hydrogen) atoms. The smallest absolute Gasteiger partial charge is 0.186 e. The van der Waals surface area contributed by atoms with Crippen molar-refractivity contribution in [3.05, 3.63) is 53.1 Å². The number of aromatic hydroxyl groups is 1. The van der Waals surface area contributed by atoms with Crippen molar-refractivity contribution in [2.24, 2.45) is 5.10 Å². The second-order valence-electron chi connectivity index (χ2n) is 4.14. The van der Waals surface area contributed by atoms with E-state index in [9.17, 15) is 22.7 Å². The molecule has 0 unspecified atom stereocenters. The Hall–Kier alpha value is -2.77. The third-order valence-electron chi connectivity index (χ3n) is 2.73. The molecule has 0 bridgehead atoms. The Labute approximate surface area is 122 Å². The maximum atomic E-state index is 13.4. The first-order valence-electron chi connectivity index (χ1n) is 5.93. The minimum atomic E-state index is -1.61. The largest absolute Gasteiger partial charge is 0.507 e. The van der Waals surface area contributed by atoms with Gasteiger partial charge in [-0.15, -0.1) is 0 Å². The summed E-state index contributed by atoms with van der Waals surface area (Å²) in [5, 5.41) is 13.0. The molecule has 2 rings (SSSR count). The highest BCUT2D eigenvalue weighted by atomic mass is 19.2. The fourth-order valence-corrected chi connectivity index (χ4v) is 1.60. The van der Waals surface area contributed by atoms with Crippen LogP contribution in [0.25, 0.3) is 0 Å². The quantitative estimate of drug-likeness (QED) is 0.393. The summed E-state index contributed by atoms with van der Waals surface area (Å²) in [6, 6.07) is 4.30. The van der Waals surface area contributed by atoms with Crippen molar-refractivity contribution in [2.75, 3.05) is 12.5 Å². The number of hydrogen-bond donors (Lipinski definition) is 2. The third-order valence-corrected chi connectivity index (χ3v) is 2.73. The fraction of sp³-hybridized carbons (Fsp3) is 0.0714. The van der Waals surface area contributed by atoms with Gasteiger partial charge in [0.1, 0.15) is 17.2 Å². The molecule has 2 N–H and O–H groups in total. The minimum Gasteiger partial charge on any atom is -0.507 e. The van der Waals surface area contributed by atoms with E-state index in [1.54, 1.807) is 0 Å². The number of rotatable bonds is 4. The number of methoxy groups -OCH3 is 1. The zero-order valence-electron chi connectivity index (χ0n) is 11.2. The van der Waals surface area contributed by atoms with Gasteiger partial charge in [-0.3, -0.25) is 5.43 Å². The zero-order valence-corrected chi connectivity index (χ0v) is 11.2. The molecule has 0 aliphatic carbocycles. The lowest BCUT2D eigenvalue weighted by atomic mass is 10.2. The first-order valence-corrected chi connectivity index (χ1v) is 5.93. The van der Waals surface area contributed by atoms with Crippen LogP contribution in [0.5, 0.6) is 11.5 Å². The van der Waals surface area contributed by atoms with Crippen LogP contribution in [0, 0.1) is 23.3 Å². The molecule has 4 nitrogen and oxygen atoms in total. The number of hydrogen-bond acceptors (Lipinski definition) is 4. The van der Waals surface area contributed by atoms with Crippen LogP contribution in [0.15, 0.2) is 29.4 Å². The molecule has 0 atom stereocenters. The molecule has 0 fully saturated rings. The Morgan fingerprint density at radius 1 is 1.09 bits per heavy atom. The van der Waals surface area contributed by atoms with E-state index in [2.05, 4.69) is 5.10 Å². The van der Waals surface area contributed by atoms with Crippen LogP contribution in [-0.4, -0.2) is 18.4 Å². The molecule has 0 aliphatic rings. The molecule has 116 valence electrons.